The molecule has 166 valence electrons. The number of carbonyl (C=O) groups excluding carboxylic acids is 1. The fourth-order valence-corrected chi connectivity index (χ4v) is 4.36. The van der Waals surface area contributed by atoms with E-state index < -0.39 is 24.3 Å². The van der Waals surface area contributed by atoms with Crippen molar-refractivity contribution in [3.05, 3.63) is 94.1 Å². The Kier molecular flexibility index (Phi) is 6.65. The first-order chi connectivity index (χ1) is 15.4. The third-order valence-electron chi connectivity index (χ3n) is 5.51. The first kappa shape index (κ1) is 22.5. The lowest BCUT2D eigenvalue weighted by atomic mass is 9.90. The number of benzene rings is 2. The fraction of sp³-hybridized carbons (Fsp3) is 0.292. The summed E-state index contributed by atoms with van der Waals surface area (Å²) in [6.07, 6.45) is 0.866. The van der Waals surface area contributed by atoms with Crippen molar-refractivity contribution in [1.29, 1.82) is 0 Å². The minimum atomic E-state index is -0.702. The summed E-state index contributed by atoms with van der Waals surface area (Å²) in [5, 5.41) is 9.30. The lowest BCUT2D eigenvalue weighted by Crippen LogP contribution is -2.51. The second-order valence-corrected chi connectivity index (χ2v) is 8.57. The van der Waals surface area contributed by atoms with Crippen LogP contribution in [0.3, 0.4) is 0 Å². The van der Waals surface area contributed by atoms with Gasteiger partial charge in [0.2, 0.25) is 11.8 Å². The van der Waals surface area contributed by atoms with Crippen molar-refractivity contribution in [3.63, 3.8) is 0 Å². The Labute approximate surface area is 196 Å². The van der Waals surface area contributed by atoms with Crippen LogP contribution in [0.25, 0.3) is 0 Å². The summed E-state index contributed by atoms with van der Waals surface area (Å²) in [6, 6.07) is 13.9. The van der Waals surface area contributed by atoms with Crippen LogP contribution in [-0.2, 0) is 9.53 Å². The molecular weight excluding hydrogens is 449 g/mol. The zero-order chi connectivity index (χ0) is 22.8. The molecule has 32 heavy (non-hydrogen) atoms. The van der Waals surface area contributed by atoms with Gasteiger partial charge in [0.05, 0.1) is 6.04 Å². The maximum absolute atomic E-state index is 13.6. The average molecular weight is 472 g/mol. The van der Waals surface area contributed by atoms with Crippen LogP contribution in [0.15, 0.2) is 65.6 Å². The van der Waals surface area contributed by atoms with Gasteiger partial charge in [-0.05, 0) is 42.3 Å². The van der Waals surface area contributed by atoms with Crippen molar-refractivity contribution in [2.24, 2.45) is 0 Å². The van der Waals surface area contributed by atoms with E-state index in [4.69, 9.17) is 32.4 Å². The number of ether oxygens (including phenoxy) is 1. The van der Waals surface area contributed by atoms with E-state index in [0.717, 1.165) is 11.1 Å². The molecule has 4 atom stereocenters. The lowest BCUT2D eigenvalue weighted by Gasteiger charge is -2.46. The van der Waals surface area contributed by atoms with E-state index in [9.17, 15) is 4.79 Å². The van der Waals surface area contributed by atoms with E-state index in [1.807, 2.05) is 37.3 Å². The Morgan fingerprint density at radius 2 is 1.88 bits per heavy atom. The van der Waals surface area contributed by atoms with Gasteiger partial charge in [-0.3, -0.25) is 4.79 Å². The number of hydrogen-bond donors (Lipinski definition) is 0. The van der Waals surface area contributed by atoms with Gasteiger partial charge in [0, 0.05) is 23.4 Å². The molecule has 0 N–H and O–H groups in total. The number of aryl methyl sites for hydroxylation is 1. The van der Waals surface area contributed by atoms with Crippen LogP contribution in [-0.4, -0.2) is 27.1 Å². The lowest BCUT2D eigenvalue weighted by molar-refractivity contribution is -0.179. The van der Waals surface area contributed by atoms with E-state index in [-0.39, 0.29) is 5.91 Å². The Morgan fingerprint density at radius 1 is 1.12 bits per heavy atom. The first-order valence-electron chi connectivity index (χ1n) is 10.3. The van der Waals surface area contributed by atoms with Gasteiger partial charge in [-0.25, -0.2) is 0 Å². The maximum atomic E-state index is 13.6. The standard InChI is InChI=1S/C24H23Cl2N3O3/c1-4-6-20-24(30)29(14(2)23-28-27-15(3)31-23)21(16-9-11-18(25)12-10-16)22(32-20)17-7-5-8-19(26)13-17/h4-5,7-14,20-22H,1,6H2,2-3H3/t14-,20+,21-,22+/m1/s1. The third-order valence-corrected chi connectivity index (χ3v) is 6.00. The van der Waals surface area contributed by atoms with Gasteiger partial charge >= 0.3 is 0 Å². The molecule has 0 bridgehead atoms. The molecule has 0 radical (unpaired) electrons. The van der Waals surface area contributed by atoms with Crippen LogP contribution < -0.4 is 0 Å². The van der Waals surface area contributed by atoms with Gasteiger partial charge in [0.15, 0.2) is 0 Å². The molecule has 1 aromatic heterocycles. The summed E-state index contributed by atoms with van der Waals surface area (Å²) in [5.41, 5.74) is 1.73. The average Bonchev–Trinajstić information content (AvgIpc) is 3.21. The maximum Gasteiger partial charge on any atom is 0.253 e. The van der Waals surface area contributed by atoms with Crippen molar-refractivity contribution in [2.75, 3.05) is 0 Å². The summed E-state index contributed by atoms with van der Waals surface area (Å²) in [5.74, 6) is 0.620. The molecule has 0 unspecified atom stereocenters. The van der Waals surface area contributed by atoms with Crippen LogP contribution in [0.2, 0.25) is 10.0 Å². The molecule has 1 amide bonds. The van der Waals surface area contributed by atoms with E-state index in [2.05, 4.69) is 16.8 Å². The Balaban J connectivity index is 1.87. The smallest absolute Gasteiger partial charge is 0.253 e. The molecule has 4 rings (SSSR count). The predicted octanol–water partition coefficient (Wildman–Crippen LogP) is 6.03. The molecule has 0 aliphatic carbocycles. The summed E-state index contributed by atoms with van der Waals surface area (Å²) in [6.45, 7) is 7.38. The molecule has 2 heterocycles. The number of halogens is 2. The van der Waals surface area contributed by atoms with Gasteiger partial charge in [-0.15, -0.1) is 16.8 Å². The van der Waals surface area contributed by atoms with E-state index >= 15 is 0 Å². The Hall–Kier alpha value is -2.67. The van der Waals surface area contributed by atoms with Crippen LogP contribution in [0.5, 0.6) is 0 Å². The highest BCUT2D eigenvalue weighted by Gasteiger charge is 2.46. The van der Waals surface area contributed by atoms with E-state index in [1.54, 1.807) is 36.1 Å². The van der Waals surface area contributed by atoms with Crippen molar-refractivity contribution >= 4 is 29.1 Å². The highest BCUT2D eigenvalue weighted by atomic mass is 35.5. The summed E-state index contributed by atoms with van der Waals surface area (Å²) >= 11 is 12.4. The van der Waals surface area contributed by atoms with Gasteiger partial charge in [0.25, 0.3) is 5.91 Å². The molecule has 1 aliphatic rings. The monoisotopic (exact) mass is 471 g/mol. The van der Waals surface area contributed by atoms with Crippen LogP contribution in [0.4, 0.5) is 0 Å². The van der Waals surface area contributed by atoms with Crippen molar-refractivity contribution in [3.8, 4) is 0 Å². The number of amides is 1. The number of aromatic nitrogens is 2. The fourth-order valence-electron chi connectivity index (χ4n) is 4.04. The number of rotatable bonds is 6. The van der Waals surface area contributed by atoms with Crippen LogP contribution in [0, 0.1) is 6.92 Å². The normalized spacial score (nSPS) is 22.1. The van der Waals surface area contributed by atoms with Crippen molar-refractivity contribution < 1.29 is 13.9 Å². The van der Waals surface area contributed by atoms with Gasteiger partial charge in [-0.1, -0.05) is 53.5 Å². The SMILES string of the molecule is C=CC[C@@H]1O[C@@H](c2cccc(Cl)c2)[C@@H](c2ccc(Cl)cc2)N([C@H](C)c2nnc(C)o2)C1=O. The number of hydrogen-bond acceptors (Lipinski definition) is 5. The van der Waals surface area contributed by atoms with Crippen molar-refractivity contribution in [2.45, 2.75) is 44.6 Å². The summed E-state index contributed by atoms with van der Waals surface area (Å²) in [4.78, 5) is 15.4. The van der Waals surface area contributed by atoms with Gasteiger partial charge < -0.3 is 14.1 Å². The summed E-state index contributed by atoms with van der Waals surface area (Å²) < 4.78 is 12.1. The molecule has 8 heteroatoms. The van der Waals surface area contributed by atoms with Gasteiger partial charge in [-0.2, -0.15) is 0 Å². The highest BCUT2D eigenvalue weighted by molar-refractivity contribution is 6.30. The minimum Gasteiger partial charge on any atom is -0.423 e. The Morgan fingerprint density at radius 3 is 2.50 bits per heavy atom. The summed E-state index contributed by atoms with van der Waals surface area (Å²) in [7, 11) is 0. The van der Waals surface area contributed by atoms with Crippen molar-refractivity contribution in [1.82, 2.24) is 15.1 Å². The Bertz CT molecular complexity index is 1120. The molecule has 2 aromatic carbocycles. The quantitative estimate of drug-likeness (QED) is 0.410. The molecule has 1 aliphatic heterocycles. The predicted molar refractivity (Wildman–Crippen MR) is 122 cm³/mol. The third kappa shape index (κ3) is 4.44. The molecule has 1 fully saturated rings. The number of morpholine rings is 1. The number of carbonyl (C=O) groups is 1. The zero-order valence-corrected chi connectivity index (χ0v) is 19.3. The molecule has 0 spiro atoms. The zero-order valence-electron chi connectivity index (χ0n) is 17.7. The second kappa shape index (κ2) is 9.45. The molecule has 1 saturated heterocycles. The van der Waals surface area contributed by atoms with Crippen LogP contribution in [0.1, 0.15) is 54.4 Å². The topological polar surface area (TPSA) is 68.5 Å². The largest absolute Gasteiger partial charge is 0.423 e. The highest BCUT2D eigenvalue weighted by Crippen LogP contribution is 2.46. The van der Waals surface area contributed by atoms with Gasteiger partial charge in [0.1, 0.15) is 18.2 Å². The minimum absolute atomic E-state index is 0.175. The molecule has 0 saturated carbocycles. The second-order valence-electron chi connectivity index (χ2n) is 7.70. The van der Waals surface area contributed by atoms with E-state index in [1.165, 1.54) is 0 Å². The molecular formula is C24H23Cl2N3O3. The van der Waals surface area contributed by atoms with E-state index in [0.29, 0.717) is 28.2 Å². The number of nitrogens with zero attached hydrogens (tertiary/aromatic N) is 3. The molecule has 3 aromatic rings. The van der Waals surface area contributed by atoms with Crippen LogP contribution >= 0.6 is 23.2 Å². The first-order valence-corrected chi connectivity index (χ1v) is 11.0. The molecule has 6 nitrogen and oxygen atoms in total.